The molecule has 3 heterocycles. The number of aromatic nitrogens is 4. The number of hydrogen-bond donors (Lipinski definition) is 0. The van der Waals surface area contributed by atoms with Crippen molar-refractivity contribution in [2.75, 3.05) is 0 Å². The molecule has 0 saturated carbocycles. The smallest absolute Gasteiger partial charge is 0.0979 e. The minimum absolute atomic E-state index is 0.841. The first-order valence-electron chi connectivity index (χ1n) is 24.6. The lowest BCUT2D eigenvalue weighted by Gasteiger charge is -2.17. The van der Waals surface area contributed by atoms with Crippen molar-refractivity contribution in [1.29, 1.82) is 0 Å². The Morgan fingerprint density at radius 1 is 0.264 bits per heavy atom. The SMILES string of the molecule is c1ccc(-c2cc(-c3ccccc3)cc(-c3nc4ccccc4nc3-c3cccc4c(-n5c6cc7ccccc7cc6c6c(-n7c8ccccc8c8ccc9ccccc9c87)cccc65)cccc34)c2)cc1. The Morgan fingerprint density at radius 2 is 0.819 bits per heavy atom. The van der Waals surface area contributed by atoms with Crippen molar-refractivity contribution in [3.63, 3.8) is 0 Å². The second-order valence-electron chi connectivity index (χ2n) is 18.9. The number of benzene rings is 12. The van der Waals surface area contributed by atoms with Crippen molar-refractivity contribution in [1.82, 2.24) is 19.1 Å². The predicted molar refractivity (Wildman–Crippen MR) is 302 cm³/mol. The van der Waals surface area contributed by atoms with E-state index in [0.29, 0.717) is 0 Å². The summed E-state index contributed by atoms with van der Waals surface area (Å²) < 4.78 is 5.02. The molecule has 0 amide bonds. The molecular formula is C68H42N4. The highest BCUT2D eigenvalue weighted by Crippen LogP contribution is 2.45. The van der Waals surface area contributed by atoms with E-state index < -0.39 is 0 Å². The summed E-state index contributed by atoms with van der Waals surface area (Å²) in [5.74, 6) is 0. The van der Waals surface area contributed by atoms with Gasteiger partial charge < -0.3 is 9.13 Å². The Hall–Kier alpha value is -9.64. The first-order valence-corrected chi connectivity index (χ1v) is 24.6. The quantitative estimate of drug-likeness (QED) is 0.167. The van der Waals surface area contributed by atoms with Gasteiger partial charge in [0.1, 0.15) is 0 Å². The largest absolute Gasteiger partial charge is 0.309 e. The molecule has 15 rings (SSSR count). The average Bonchev–Trinajstić information content (AvgIpc) is 3.97. The Morgan fingerprint density at radius 3 is 1.58 bits per heavy atom. The number of para-hydroxylation sites is 3. The van der Waals surface area contributed by atoms with Gasteiger partial charge in [0.15, 0.2) is 0 Å². The third-order valence-corrected chi connectivity index (χ3v) is 14.8. The summed E-state index contributed by atoms with van der Waals surface area (Å²) in [5, 5.41) is 12.0. The van der Waals surface area contributed by atoms with E-state index in [4.69, 9.17) is 9.97 Å². The second kappa shape index (κ2) is 16.0. The molecule has 0 spiro atoms. The van der Waals surface area contributed by atoms with Crippen LogP contribution in [0, 0.1) is 0 Å². The van der Waals surface area contributed by atoms with Crippen LogP contribution in [0.25, 0.3) is 143 Å². The molecule has 4 heteroatoms. The van der Waals surface area contributed by atoms with Gasteiger partial charge in [0.05, 0.1) is 55.9 Å². The monoisotopic (exact) mass is 914 g/mol. The van der Waals surface area contributed by atoms with Crippen LogP contribution in [0.3, 0.4) is 0 Å². The van der Waals surface area contributed by atoms with E-state index in [9.17, 15) is 0 Å². The van der Waals surface area contributed by atoms with Crippen LogP contribution >= 0.6 is 0 Å². The topological polar surface area (TPSA) is 35.6 Å². The Labute approximate surface area is 415 Å². The van der Waals surface area contributed by atoms with E-state index in [1.54, 1.807) is 0 Å². The fourth-order valence-electron chi connectivity index (χ4n) is 11.6. The Balaban J connectivity index is 1.01. The van der Waals surface area contributed by atoms with Crippen LogP contribution in [-0.2, 0) is 0 Å². The van der Waals surface area contributed by atoms with Gasteiger partial charge in [0.25, 0.3) is 0 Å². The van der Waals surface area contributed by atoms with Crippen molar-refractivity contribution >= 4 is 87.0 Å². The molecule has 0 bridgehead atoms. The van der Waals surface area contributed by atoms with E-state index in [-0.39, 0.29) is 0 Å². The number of fused-ring (bicyclic) bond motifs is 11. The highest BCUT2D eigenvalue weighted by Gasteiger charge is 2.24. The summed E-state index contributed by atoms with van der Waals surface area (Å²) >= 11 is 0. The average molecular weight is 915 g/mol. The number of nitrogens with zero attached hydrogens (tertiary/aromatic N) is 4. The fraction of sp³-hybridized carbons (Fsp3) is 0. The lowest BCUT2D eigenvalue weighted by molar-refractivity contribution is 1.18. The van der Waals surface area contributed by atoms with Gasteiger partial charge in [-0.2, -0.15) is 0 Å². The van der Waals surface area contributed by atoms with Crippen LogP contribution < -0.4 is 0 Å². The van der Waals surface area contributed by atoms with Crippen LogP contribution in [-0.4, -0.2) is 19.1 Å². The van der Waals surface area contributed by atoms with Crippen molar-refractivity contribution in [3.05, 3.63) is 255 Å². The second-order valence-corrected chi connectivity index (χ2v) is 18.9. The fourth-order valence-corrected chi connectivity index (χ4v) is 11.6. The lowest BCUT2D eigenvalue weighted by Crippen LogP contribution is -1.99. The maximum atomic E-state index is 5.54. The molecule has 0 aliphatic rings. The normalized spacial score (nSPS) is 11.9. The highest BCUT2D eigenvalue weighted by atomic mass is 15.0. The maximum absolute atomic E-state index is 5.54. The van der Waals surface area contributed by atoms with Crippen LogP contribution in [0.2, 0.25) is 0 Å². The van der Waals surface area contributed by atoms with Gasteiger partial charge in [-0.05, 0) is 111 Å². The van der Waals surface area contributed by atoms with Crippen molar-refractivity contribution in [2.24, 2.45) is 0 Å². The van der Waals surface area contributed by atoms with Crippen molar-refractivity contribution in [2.45, 2.75) is 0 Å². The van der Waals surface area contributed by atoms with Gasteiger partial charge in [-0.15, -0.1) is 0 Å². The zero-order chi connectivity index (χ0) is 47.3. The Kier molecular flexibility index (Phi) is 8.92. The minimum atomic E-state index is 0.841. The van der Waals surface area contributed by atoms with E-state index >= 15 is 0 Å². The van der Waals surface area contributed by atoms with Crippen LogP contribution in [0.1, 0.15) is 0 Å². The molecule has 12 aromatic carbocycles. The molecule has 0 aliphatic carbocycles. The molecule has 15 aromatic rings. The molecule has 3 aromatic heterocycles. The van der Waals surface area contributed by atoms with Crippen LogP contribution in [0.15, 0.2) is 255 Å². The molecule has 0 atom stereocenters. The summed E-state index contributed by atoms with van der Waals surface area (Å²) in [6, 6.07) is 92.4. The molecule has 334 valence electrons. The van der Waals surface area contributed by atoms with Gasteiger partial charge in [0, 0.05) is 43.4 Å². The summed E-state index contributed by atoms with van der Waals surface area (Å²) in [5.41, 5.74) is 16.9. The van der Waals surface area contributed by atoms with E-state index in [2.05, 4.69) is 252 Å². The molecule has 72 heavy (non-hydrogen) atoms. The predicted octanol–water partition coefficient (Wildman–Crippen LogP) is 18.0. The molecule has 0 N–H and O–H groups in total. The molecule has 0 fully saturated rings. The zero-order valence-corrected chi connectivity index (χ0v) is 39.0. The van der Waals surface area contributed by atoms with E-state index in [0.717, 1.165) is 89.0 Å². The van der Waals surface area contributed by atoms with Gasteiger partial charge in [-0.25, -0.2) is 9.97 Å². The lowest BCUT2D eigenvalue weighted by atomic mass is 9.92. The molecular weight excluding hydrogens is 873 g/mol. The highest BCUT2D eigenvalue weighted by molar-refractivity contribution is 6.22. The summed E-state index contributed by atoms with van der Waals surface area (Å²) in [6.07, 6.45) is 0. The van der Waals surface area contributed by atoms with Crippen LogP contribution in [0.5, 0.6) is 0 Å². The number of hydrogen-bond acceptors (Lipinski definition) is 2. The van der Waals surface area contributed by atoms with Crippen molar-refractivity contribution < 1.29 is 0 Å². The standard InChI is InChI=1S/C68H42N4/c1-3-18-43(19-4-1)48-38-49(44-20-5-2-6-21-44)40-50(39-48)66-67(70-59-31-13-12-30-58(59)69-66)55-29-15-28-53-52(55)27-16-33-60(53)71-62-34-17-35-63(65(62)57-41-46-23-7-8-24-47(46)42-64(57)71)72-61-32-14-11-26-54(61)56-37-36-45-22-9-10-25-51(45)68(56)72/h1-42H. The minimum Gasteiger partial charge on any atom is -0.309 e. The summed E-state index contributed by atoms with van der Waals surface area (Å²) in [6.45, 7) is 0. The summed E-state index contributed by atoms with van der Waals surface area (Å²) in [7, 11) is 0. The van der Waals surface area contributed by atoms with Crippen molar-refractivity contribution in [3.8, 4) is 56.1 Å². The molecule has 0 saturated heterocycles. The molecule has 0 unspecified atom stereocenters. The first kappa shape index (κ1) is 40.3. The maximum Gasteiger partial charge on any atom is 0.0979 e. The molecule has 0 aliphatic heterocycles. The Bertz CT molecular complexity index is 4620. The first-order chi connectivity index (χ1) is 35.7. The third kappa shape index (κ3) is 6.19. The van der Waals surface area contributed by atoms with Gasteiger partial charge >= 0.3 is 0 Å². The molecule has 4 nitrogen and oxygen atoms in total. The number of rotatable bonds is 6. The van der Waals surface area contributed by atoms with E-state index in [1.807, 2.05) is 12.1 Å². The van der Waals surface area contributed by atoms with Gasteiger partial charge in [0.2, 0.25) is 0 Å². The zero-order valence-electron chi connectivity index (χ0n) is 39.0. The van der Waals surface area contributed by atoms with Crippen LogP contribution in [0.4, 0.5) is 0 Å². The summed E-state index contributed by atoms with van der Waals surface area (Å²) in [4.78, 5) is 11.0. The van der Waals surface area contributed by atoms with Gasteiger partial charge in [-0.3, -0.25) is 0 Å². The molecule has 0 radical (unpaired) electrons. The third-order valence-electron chi connectivity index (χ3n) is 14.8. The van der Waals surface area contributed by atoms with Gasteiger partial charge in [-0.1, -0.05) is 188 Å². The van der Waals surface area contributed by atoms with E-state index in [1.165, 1.54) is 54.1 Å².